The molecule has 0 bridgehead atoms. The third-order valence-corrected chi connectivity index (χ3v) is 2.41. The largest absolute Gasteiger partial charge is 0.438 e. The summed E-state index contributed by atoms with van der Waals surface area (Å²) >= 11 is 5.64. The van der Waals surface area contributed by atoms with Gasteiger partial charge in [-0.3, -0.25) is 20.2 Å². The first kappa shape index (κ1) is 13.7. The Hall–Kier alpha value is -2.74. The van der Waals surface area contributed by atoms with Crippen molar-refractivity contribution in [2.24, 2.45) is 0 Å². The molecule has 0 fully saturated rings. The predicted octanol–water partition coefficient (Wildman–Crippen LogP) is 3.34. The number of nitro groups is 2. The van der Waals surface area contributed by atoms with Crippen molar-refractivity contribution in [3.05, 3.63) is 61.8 Å². The number of hydrogen-bond donors (Lipinski definition) is 0. The van der Waals surface area contributed by atoms with Crippen LogP contribution in [0.4, 0.5) is 11.4 Å². The van der Waals surface area contributed by atoms with Crippen LogP contribution in [0.15, 0.2) is 36.4 Å². The number of nitrogens with zero attached hydrogens (tertiary/aromatic N) is 3. The lowest BCUT2D eigenvalue weighted by molar-refractivity contribution is -0.385. The molecule has 20 heavy (non-hydrogen) atoms. The van der Waals surface area contributed by atoms with Crippen molar-refractivity contribution in [1.82, 2.24) is 4.98 Å². The van der Waals surface area contributed by atoms with E-state index < -0.39 is 9.85 Å². The molecular formula is C11H6ClN3O5. The number of halogens is 1. The fourth-order valence-corrected chi connectivity index (χ4v) is 1.59. The second kappa shape index (κ2) is 5.49. The third kappa shape index (κ3) is 3.18. The molecule has 0 saturated carbocycles. The van der Waals surface area contributed by atoms with E-state index in [-0.39, 0.29) is 28.2 Å². The Morgan fingerprint density at radius 1 is 1.05 bits per heavy atom. The number of non-ortho nitro benzene ring substituents is 1. The van der Waals surface area contributed by atoms with E-state index in [0.29, 0.717) is 0 Å². The lowest BCUT2D eigenvalue weighted by Crippen LogP contribution is -1.94. The summed E-state index contributed by atoms with van der Waals surface area (Å²) in [5, 5.41) is 21.2. The van der Waals surface area contributed by atoms with Crippen molar-refractivity contribution in [1.29, 1.82) is 0 Å². The van der Waals surface area contributed by atoms with Crippen LogP contribution >= 0.6 is 11.6 Å². The molecule has 9 heteroatoms. The van der Waals surface area contributed by atoms with E-state index in [0.717, 1.165) is 12.1 Å². The van der Waals surface area contributed by atoms with Crippen molar-refractivity contribution in [2.75, 3.05) is 0 Å². The SMILES string of the molecule is O=[N+]([O-])c1cccc(Oc2cc([N+](=O)[O-])cc(Cl)n2)c1. The van der Waals surface area contributed by atoms with Crippen molar-refractivity contribution >= 4 is 23.0 Å². The van der Waals surface area contributed by atoms with Gasteiger partial charge in [0, 0.05) is 6.07 Å². The molecule has 0 aliphatic rings. The molecule has 1 heterocycles. The quantitative estimate of drug-likeness (QED) is 0.486. The van der Waals surface area contributed by atoms with Gasteiger partial charge in [0.2, 0.25) is 5.88 Å². The van der Waals surface area contributed by atoms with Crippen molar-refractivity contribution < 1.29 is 14.6 Å². The average Bonchev–Trinajstić information content (AvgIpc) is 2.38. The minimum atomic E-state index is -0.645. The highest BCUT2D eigenvalue weighted by Gasteiger charge is 2.13. The highest BCUT2D eigenvalue weighted by molar-refractivity contribution is 6.29. The highest BCUT2D eigenvalue weighted by Crippen LogP contribution is 2.28. The normalized spacial score (nSPS) is 10.1. The summed E-state index contributed by atoms with van der Waals surface area (Å²) in [5.41, 5.74) is -0.454. The molecule has 1 aromatic carbocycles. The molecule has 2 aromatic rings. The maximum atomic E-state index is 10.7. The van der Waals surface area contributed by atoms with Crippen LogP contribution in [0.1, 0.15) is 0 Å². The lowest BCUT2D eigenvalue weighted by atomic mass is 10.3. The van der Waals surface area contributed by atoms with Crippen molar-refractivity contribution in [3.63, 3.8) is 0 Å². The first-order valence-corrected chi connectivity index (χ1v) is 5.58. The average molecular weight is 296 g/mol. The summed E-state index contributed by atoms with van der Waals surface area (Å²) < 4.78 is 5.24. The molecule has 8 nitrogen and oxygen atoms in total. The fourth-order valence-electron chi connectivity index (χ4n) is 1.40. The Labute approximate surface area is 116 Å². The maximum absolute atomic E-state index is 10.7. The predicted molar refractivity (Wildman–Crippen MR) is 69.1 cm³/mol. The Morgan fingerprint density at radius 2 is 1.75 bits per heavy atom. The summed E-state index contributed by atoms with van der Waals surface area (Å²) in [6.07, 6.45) is 0. The standard InChI is InChI=1S/C11H6ClN3O5/c12-10-5-8(15(18)19)6-11(13-10)20-9-3-1-2-7(4-9)14(16)17/h1-6H. The van der Waals surface area contributed by atoms with Crippen LogP contribution in [-0.2, 0) is 0 Å². The van der Waals surface area contributed by atoms with E-state index >= 15 is 0 Å². The fraction of sp³-hybridized carbons (Fsp3) is 0. The molecule has 102 valence electrons. The lowest BCUT2D eigenvalue weighted by Gasteiger charge is -2.04. The summed E-state index contributed by atoms with van der Waals surface area (Å²) in [6.45, 7) is 0. The van der Waals surface area contributed by atoms with Gasteiger partial charge in [-0.2, -0.15) is 0 Å². The molecular weight excluding hydrogens is 290 g/mol. The molecule has 0 N–H and O–H groups in total. The molecule has 0 aliphatic carbocycles. The van der Waals surface area contributed by atoms with Crippen LogP contribution in [-0.4, -0.2) is 14.8 Å². The second-order valence-electron chi connectivity index (χ2n) is 3.60. The van der Waals surface area contributed by atoms with Gasteiger partial charge in [-0.15, -0.1) is 0 Å². The number of nitro benzene ring substituents is 1. The van der Waals surface area contributed by atoms with Crippen molar-refractivity contribution in [2.45, 2.75) is 0 Å². The zero-order valence-electron chi connectivity index (χ0n) is 9.72. The molecule has 0 atom stereocenters. The number of hydrogen-bond acceptors (Lipinski definition) is 6. The van der Waals surface area contributed by atoms with E-state index in [1.807, 2.05) is 0 Å². The summed E-state index contributed by atoms with van der Waals surface area (Å²) in [7, 11) is 0. The Bertz CT molecular complexity index is 692. The van der Waals surface area contributed by atoms with Gasteiger partial charge in [0.05, 0.1) is 28.0 Å². The van der Waals surface area contributed by atoms with Gasteiger partial charge < -0.3 is 4.74 Å². The Balaban J connectivity index is 2.32. The molecule has 0 spiro atoms. The number of rotatable bonds is 4. The van der Waals surface area contributed by atoms with Gasteiger partial charge >= 0.3 is 0 Å². The van der Waals surface area contributed by atoms with Gasteiger partial charge in [-0.25, -0.2) is 4.98 Å². The van der Waals surface area contributed by atoms with E-state index in [4.69, 9.17) is 16.3 Å². The van der Waals surface area contributed by atoms with E-state index in [1.165, 1.54) is 24.3 Å². The third-order valence-electron chi connectivity index (χ3n) is 2.22. The monoisotopic (exact) mass is 295 g/mol. The van der Waals surface area contributed by atoms with Crippen LogP contribution in [0, 0.1) is 20.2 Å². The van der Waals surface area contributed by atoms with Gasteiger partial charge in [0.1, 0.15) is 10.9 Å². The Kier molecular flexibility index (Phi) is 3.76. The molecule has 0 saturated heterocycles. The van der Waals surface area contributed by atoms with E-state index in [1.54, 1.807) is 0 Å². The van der Waals surface area contributed by atoms with Crippen molar-refractivity contribution in [3.8, 4) is 11.6 Å². The zero-order valence-corrected chi connectivity index (χ0v) is 10.5. The second-order valence-corrected chi connectivity index (χ2v) is 3.99. The highest BCUT2D eigenvalue weighted by atomic mass is 35.5. The minimum Gasteiger partial charge on any atom is -0.438 e. The molecule has 0 radical (unpaired) electrons. The molecule has 2 rings (SSSR count). The number of aromatic nitrogens is 1. The number of benzene rings is 1. The van der Waals surface area contributed by atoms with Gasteiger partial charge in [-0.1, -0.05) is 17.7 Å². The number of pyridine rings is 1. The first-order chi connectivity index (χ1) is 9.45. The van der Waals surface area contributed by atoms with Gasteiger partial charge in [-0.05, 0) is 6.07 Å². The van der Waals surface area contributed by atoms with Crippen LogP contribution in [0.5, 0.6) is 11.6 Å². The molecule has 0 aliphatic heterocycles. The smallest absolute Gasteiger partial charge is 0.277 e. The maximum Gasteiger partial charge on any atom is 0.277 e. The molecule has 0 amide bonds. The van der Waals surface area contributed by atoms with Crippen LogP contribution in [0.2, 0.25) is 5.15 Å². The minimum absolute atomic E-state index is 0.111. The van der Waals surface area contributed by atoms with Gasteiger partial charge in [0.15, 0.2) is 0 Å². The first-order valence-electron chi connectivity index (χ1n) is 5.20. The van der Waals surface area contributed by atoms with Gasteiger partial charge in [0.25, 0.3) is 11.4 Å². The van der Waals surface area contributed by atoms with E-state index in [9.17, 15) is 20.2 Å². The topological polar surface area (TPSA) is 108 Å². The van der Waals surface area contributed by atoms with Crippen LogP contribution in [0.25, 0.3) is 0 Å². The summed E-state index contributed by atoms with van der Waals surface area (Å²) in [5.74, 6) is 0.00737. The van der Waals surface area contributed by atoms with Crippen LogP contribution in [0.3, 0.4) is 0 Å². The number of ether oxygens (including phenoxy) is 1. The van der Waals surface area contributed by atoms with Crippen LogP contribution < -0.4 is 4.74 Å². The molecule has 0 unspecified atom stereocenters. The summed E-state index contributed by atoms with van der Waals surface area (Å²) in [4.78, 5) is 23.8. The van der Waals surface area contributed by atoms with E-state index in [2.05, 4.69) is 4.98 Å². The summed E-state index contributed by atoms with van der Waals surface area (Å²) in [6, 6.07) is 7.50. The zero-order chi connectivity index (χ0) is 14.7. The Morgan fingerprint density at radius 3 is 2.40 bits per heavy atom. The molecule has 1 aromatic heterocycles.